The van der Waals surface area contributed by atoms with E-state index in [1.807, 2.05) is 6.92 Å². The molecule has 13 heteroatoms. The number of methoxy groups -OCH3 is 1. The van der Waals surface area contributed by atoms with Gasteiger partial charge < -0.3 is 24.1 Å². The van der Waals surface area contributed by atoms with E-state index in [9.17, 15) is 36.2 Å². The highest BCUT2D eigenvalue weighted by Gasteiger charge is 2.34. The third kappa shape index (κ3) is 9.29. The van der Waals surface area contributed by atoms with Crippen molar-refractivity contribution in [1.82, 2.24) is 4.98 Å². The van der Waals surface area contributed by atoms with Crippen molar-refractivity contribution in [2.24, 2.45) is 0 Å². The van der Waals surface area contributed by atoms with Crippen LogP contribution in [0, 0.1) is 0 Å². The lowest BCUT2D eigenvalue weighted by Crippen LogP contribution is -2.17. The predicted molar refractivity (Wildman–Crippen MR) is 157 cm³/mol. The number of aromatic nitrogens is 1. The van der Waals surface area contributed by atoms with Crippen molar-refractivity contribution >= 4 is 22.9 Å². The van der Waals surface area contributed by atoms with Gasteiger partial charge in [-0.05, 0) is 72.5 Å². The van der Waals surface area contributed by atoms with Gasteiger partial charge in [0.25, 0.3) is 0 Å². The molecule has 1 aromatic heterocycles. The average molecular weight is 650 g/mol. The van der Waals surface area contributed by atoms with Crippen LogP contribution >= 0.6 is 0 Å². The molecule has 0 bridgehead atoms. The summed E-state index contributed by atoms with van der Waals surface area (Å²) >= 11 is 0. The molecule has 1 N–H and O–H groups in total. The van der Waals surface area contributed by atoms with Gasteiger partial charge in [-0.25, -0.2) is 9.78 Å². The van der Waals surface area contributed by atoms with E-state index in [-0.39, 0.29) is 35.8 Å². The maximum absolute atomic E-state index is 13.2. The molecule has 0 aliphatic rings. The first kappa shape index (κ1) is 33.9. The van der Waals surface area contributed by atoms with Gasteiger partial charge in [-0.3, -0.25) is 0 Å². The first-order valence-electron chi connectivity index (χ1n) is 14.0. The molecule has 0 unspecified atom stereocenters. The zero-order valence-electron chi connectivity index (χ0n) is 24.7. The molecular weight excluding hydrogens is 620 g/mol. The minimum atomic E-state index is -4.82. The largest absolute Gasteiger partial charge is 0.573 e. The van der Waals surface area contributed by atoms with E-state index in [1.165, 1.54) is 31.4 Å². The molecule has 0 aliphatic heterocycles. The number of alkyl halides is 6. The number of unbranched alkanes of at least 4 members (excludes halogenated alkanes) is 1. The summed E-state index contributed by atoms with van der Waals surface area (Å²) < 4.78 is 98.1. The molecule has 0 atom stereocenters. The number of pyridine rings is 1. The van der Waals surface area contributed by atoms with Gasteiger partial charge in [0.2, 0.25) is 0 Å². The quantitative estimate of drug-likeness (QED) is 0.114. The van der Waals surface area contributed by atoms with Crippen LogP contribution in [0.1, 0.15) is 48.6 Å². The van der Waals surface area contributed by atoms with Crippen LogP contribution < -0.4 is 18.9 Å². The Balaban J connectivity index is 1.57. The second-order valence-electron chi connectivity index (χ2n) is 10.1. The number of hydrogen-bond acceptors (Lipinski definition) is 6. The maximum atomic E-state index is 13.2. The first-order chi connectivity index (χ1) is 21.8. The number of aliphatic carboxylic acids is 1. The number of benzene rings is 3. The lowest BCUT2D eigenvalue weighted by atomic mass is 10.0. The molecule has 0 spiro atoms. The zero-order valence-corrected chi connectivity index (χ0v) is 24.7. The Kier molecular flexibility index (Phi) is 10.7. The Morgan fingerprint density at radius 3 is 2.15 bits per heavy atom. The second-order valence-corrected chi connectivity index (χ2v) is 10.1. The number of ether oxygens (including phenoxy) is 4. The van der Waals surface area contributed by atoms with Crippen LogP contribution in [-0.2, 0) is 24.2 Å². The molecule has 0 amide bonds. The molecule has 0 saturated carbocycles. The monoisotopic (exact) mass is 649 g/mol. The smallest absolute Gasteiger partial charge is 0.496 e. The Morgan fingerprint density at radius 2 is 1.52 bits per heavy atom. The number of rotatable bonds is 13. The topological polar surface area (TPSA) is 87.1 Å². The van der Waals surface area contributed by atoms with E-state index in [2.05, 4.69) is 9.72 Å². The van der Waals surface area contributed by atoms with Gasteiger partial charge in [0.1, 0.15) is 41.9 Å². The number of carboxylic acids is 1. The van der Waals surface area contributed by atoms with E-state index in [0.29, 0.717) is 46.4 Å². The number of hydrogen-bond donors (Lipinski definition) is 1. The zero-order chi connectivity index (χ0) is 33.5. The molecule has 0 fully saturated rings. The van der Waals surface area contributed by atoms with E-state index >= 15 is 0 Å². The summed E-state index contributed by atoms with van der Waals surface area (Å²) in [6.07, 6.45) is -6.26. The molecule has 4 rings (SSSR count). The Labute approximate surface area is 260 Å². The molecule has 3 aromatic carbocycles. The van der Waals surface area contributed by atoms with Crippen molar-refractivity contribution in [2.45, 2.75) is 51.9 Å². The molecule has 4 aromatic rings. The standard InChI is InChI=1S/C33H29F6NO6/c1-3-4-5-22(31(41)42)15-23-16-25(11-13-28(23)45-18-20-6-9-24(10-7-20)46-33(37,38)39)44-19-21-8-12-27-26(14-21)29(43-2)17-30(40-27)32(34,35)36/h6-17H,3-5,18-19H2,1-2H3,(H,41,42)/b22-15+. The van der Waals surface area contributed by atoms with Gasteiger partial charge in [0.15, 0.2) is 0 Å². The van der Waals surface area contributed by atoms with Gasteiger partial charge in [0.05, 0.1) is 12.6 Å². The van der Waals surface area contributed by atoms with E-state index < -0.39 is 24.2 Å². The van der Waals surface area contributed by atoms with Crippen LogP contribution in [0.5, 0.6) is 23.0 Å². The van der Waals surface area contributed by atoms with Crippen LogP contribution in [0.2, 0.25) is 0 Å². The summed E-state index contributed by atoms with van der Waals surface area (Å²) in [7, 11) is 1.26. The second kappa shape index (κ2) is 14.4. The van der Waals surface area contributed by atoms with Gasteiger partial charge in [-0.1, -0.05) is 31.5 Å². The Hall–Kier alpha value is -4.94. The lowest BCUT2D eigenvalue weighted by Gasteiger charge is -2.14. The highest BCUT2D eigenvalue weighted by atomic mass is 19.4. The minimum absolute atomic E-state index is 0.00361. The fourth-order valence-corrected chi connectivity index (χ4v) is 4.42. The van der Waals surface area contributed by atoms with E-state index in [1.54, 1.807) is 30.3 Å². The van der Waals surface area contributed by atoms with Crippen LogP contribution in [-0.4, -0.2) is 29.5 Å². The summed E-state index contributed by atoms with van der Waals surface area (Å²) in [5.41, 5.74) is 0.711. The predicted octanol–water partition coefficient (Wildman–Crippen LogP) is 8.98. The molecule has 1 heterocycles. The number of halogens is 6. The van der Waals surface area contributed by atoms with E-state index in [4.69, 9.17) is 14.2 Å². The van der Waals surface area contributed by atoms with Crippen molar-refractivity contribution in [1.29, 1.82) is 0 Å². The Morgan fingerprint density at radius 1 is 0.848 bits per heavy atom. The molecule has 46 heavy (non-hydrogen) atoms. The number of fused-ring (bicyclic) bond motifs is 1. The van der Waals surface area contributed by atoms with Crippen molar-refractivity contribution in [3.63, 3.8) is 0 Å². The van der Waals surface area contributed by atoms with Gasteiger partial charge in [-0.2, -0.15) is 13.2 Å². The SMILES string of the molecule is CCCC/C(=C\c1cc(OCc2ccc3nc(C(F)(F)F)cc(OC)c3c2)ccc1OCc1ccc(OC(F)(F)F)cc1)C(=O)O. The molecular formula is C33H29F6NO6. The van der Waals surface area contributed by atoms with Crippen LogP contribution in [0.15, 0.2) is 72.3 Å². The minimum Gasteiger partial charge on any atom is -0.496 e. The van der Waals surface area contributed by atoms with Crippen LogP contribution in [0.4, 0.5) is 26.3 Å². The normalized spacial score (nSPS) is 12.2. The third-order valence-corrected chi connectivity index (χ3v) is 6.69. The summed E-state index contributed by atoms with van der Waals surface area (Å²) in [5, 5.41) is 10.1. The van der Waals surface area contributed by atoms with Gasteiger partial charge in [-0.15, -0.1) is 13.2 Å². The van der Waals surface area contributed by atoms with Crippen molar-refractivity contribution < 1.29 is 55.2 Å². The van der Waals surface area contributed by atoms with Crippen LogP contribution in [0.25, 0.3) is 17.0 Å². The molecule has 7 nitrogen and oxygen atoms in total. The molecule has 244 valence electrons. The molecule has 0 saturated heterocycles. The third-order valence-electron chi connectivity index (χ3n) is 6.69. The summed E-state index contributed by atoms with van der Waals surface area (Å²) in [4.78, 5) is 15.6. The fraction of sp³-hybridized carbons (Fsp3) is 0.273. The molecule has 0 radical (unpaired) electrons. The summed E-state index contributed by atoms with van der Waals surface area (Å²) in [6.45, 7) is 1.91. The maximum Gasteiger partial charge on any atom is 0.573 e. The number of carbonyl (C=O) groups is 1. The lowest BCUT2D eigenvalue weighted by molar-refractivity contribution is -0.274. The summed E-state index contributed by atoms with van der Waals surface area (Å²) in [6, 6.07) is 15.3. The first-order valence-corrected chi connectivity index (χ1v) is 14.0. The van der Waals surface area contributed by atoms with Gasteiger partial charge >= 0.3 is 18.5 Å². The van der Waals surface area contributed by atoms with E-state index in [0.717, 1.165) is 24.6 Å². The summed E-state index contributed by atoms with van der Waals surface area (Å²) in [5.74, 6) is -0.817. The highest BCUT2D eigenvalue weighted by Crippen LogP contribution is 2.35. The van der Waals surface area contributed by atoms with Gasteiger partial charge in [0, 0.05) is 22.6 Å². The number of carboxylic acid groups (broad SMARTS) is 1. The van der Waals surface area contributed by atoms with Crippen LogP contribution in [0.3, 0.4) is 0 Å². The van der Waals surface area contributed by atoms with Crippen molar-refractivity contribution in [3.8, 4) is 23.0 Å². The van der Waals surface area contributed by atoms with Crippen molar-refractivity contribution in [3.05, 3.63) is 94.7 Å². The highest BCUT2D eigenvalue weighted by molar-refractivity contribution is 5.92. The molecule has 0 aliphatic carbocycles. The fourth-order valence-electron chi connectivity index (χ4n) is 4.42. The average Bonchev–Trinajstić information content (AvgIpc) is 3.00. The Bertz CT molecular complexity index is 1700. The van der Waals surface area contributed by atoms with Crippen molar-refractivity contribution in [2.75, 3.05) is 7.11 Å². The number of nitrogens with zero attached hydrogens (tertiary/aromatic N) is 1.